The number of aryl methyl sites for hydroxylation is 1. The summed E-state index contributed by atoms with van der Waals surface area (Å²) in [7, 11) is 1.58. The fourth-order valence-electron chi connectivity index (χ4n) is 1.73. The second-order valence-corrected chi connectivity index (χ2v) is 4.33. The van der Waals surface area contributed by atoms with Crippen LogP contribution >= 0.6 is 0 Å². The molecule has 110 valence electrons. The number of urea groups is 1. The molecule has 0 unspecified atom stereocenters. The van der Waals surface area contributed by atoms with Crippen LogP contribution < -0.4 is 10.1 Å². The van der Waals surface area contributed by atoms with Crippen molar-refractivity contribution >= 4 is 17.7 Å². The van der Waals surface area contributed by atoms with Crippen LogP contribution in [0, 0.1) is 6.92 Å². The SMILES string of the molecule is CCN(CCC(=O)O)C(=O)Nc1ccc(OC)cc1C. The Kier molecular flexibility index (Phi) is 5.83. The summed E-state index contributed by atoms with van der Waals surface area (Å²) in [6.07, 6.45) is -0.0666. The number of anilines is 1. The number of carbonyl (C=O) groups excluding carboxylic acids is 1. The summed E-state index contributed by atoms with van der Waals surface area (Å²) in [5.74, 6) is -0.199. The fraction of sp³-hybridized carbons (Fsp3) is 0.429. The van der Waals surface area contributed by atoms with E-state index in [0.29, 0.717) is 12.2 Å². The summed E-state index contributed by atoms with van der Waals surface area (Å²) >= 11 is 0. The van der Waals surface area contributed by atoms with Crippen LogP contribution in [-0.4, -0.2) is 42.2 Å². The number of benzene rings is 1. The van der Waals surface area contributed by atoms with Crippen molar-refractivity contribution in [2.24, 2.45) is 0 Å². The molecule has 0 aliphatic heterocycles. The number of carboxylic acid groups (broad SMARTS) is 1. The normalized spacial score (nSPS) is 9.95. The van der Waals surface area contributed by atoms with Crippen molar-refractivity contribution < 1.29 is 19.4 Å². The van der Waals surface area contributed by atoms with Gasteiger partial charge < -0.3 is 20.1 Å². The Hall–Kier alpha value is -2.24. The zero-order valence-corrected chi connectivity index (χ0v) is 12.0. The van der Waals surface area contributed by atoms with E-state index < -0.39 is 5.97 Å². The minimum atomic E-state index is -0.920. The fourth-order valence-corrected chi connectivity index (χ4v) is 1.73. The maximum atomic E-state index is 12.1. The van der Waals surface area contributed by atoms with E-state index in [1.54, 1.807) is 19.2 Å². The van der Waals surface area contributed by atoms with Crippen molar-refractivity contribution in [2.75, 3.05) is 25.5 Å². The lowest BCUT2D eigenvalue weighted by molar-refractivity contribution is -0.137. The second kappa shape index (κ2) is 7.37. The van der Waals surface area contributed by atoms with Crippen LogP contribution in [-0.2, 0) is 4.79 Å². The molecule has 0 heterocycles. The van der Waals surface area contributed by atoms with Crippen LogP contribution in [0.25, 0.3) is 0 Å². The molecule has 6 heteroatoms. The molecule has 0 bridgehead atoms. The number of carbonyl (C=O) groups is 2. The Balaban J connectivity index is 2.70. The van der Waals surface area contributed by atoms with Crippen LogP contribution in [0.5, 0.6) is 5.75 Å². The molecule has 20 heavy (non-hydrogen) atoms. The van der Waals surface area contributed by atoms with E-state index in [1.165, 1.54) is 4.90 Å². The van der Waals surface area contributed by atoms with Gasteiger partial charge in [-0.25, -0.2) is 4.79 Å². The summed E-state index contributed by atoms with van der Waals surface area (Å²) in [5, 5.41) is 11.4. The van der Waals surface area contributed by atoms with Crippen molar-refractivity contribution in [3.8, 4) is 5.75 Å². The zero-order chi connectivity index (χ0) is 15.1. The van der Waals surface area contributed by atoms with Gasteiger partial charge in [0.15, 0.2) is 0 Å². The molecule has 0 spiro atoms. The first-order valence-corrected chi connectivity index (χ1v) is 6.40. The molecule has 6 nitrogen and oxygen atoms in total. The van der Waals surface area contributed by atoms with E-state index in [4.69, 9.17) is 9.84 Å². The standard InChI is InChI=1S/C14H20N2O4/c1-4-16(8-7-13(17)18)14(19)15-12-6-5-11(20-3)9-10(12)2/h5-6,9H,4,7-8H2,1-3H3,(H,15,19)(H,17,18). The van der Waals surface area contributed by atoms with Gasteiger partial charge in [0.05, 0.1) is 13.5 Å². The lowest BCUT2D eigenvalue weighted by atomic mass is 10.2. The van der Waals surface area contributed by atoms with Gasteiger partial charge in [0, 0.05) is 18.8 Å². The van der Waals surface area contributed by atoms with Crippen molar-refractivity contribution in [2.45, 2.75) is 20.3 Å². The number of nitrogens with one attached hydrogen (secondary N) is 1. The smallest absolute Gasteiger partial charge is 0.321 e. The molecule has 0 atom stereocenters. The molecule has 0 aliphatic carbocycles. The van der Waals surface area contributed by atoms with Crippen LogP contribution in [0.2, 0.25) is 0 Å². The molecule has 0 radical (unpaired) electrons. The molecule has 0 fully saturated rings. The number of methoxy groups -OCH3 is 1. The number of rotatable bonds is 6. The summed E-state index contributed by atoms with van der Waals surface area (Å²) in [5.41, 5.74) is 1.57. The number of amides is 2. The van der Waals surface area contributed by atoms with Gasteiger partial charge in [0.1, 0.15) is 5.75 Å². The molecular weight excluding hydrogens is 260 g/mol. The molecule has 2 amide bonds. The average molecular weight is 280 g/mol. The maximum absolute atomic E-state index is 12.1. The number of hydrogen-bond donors (Lipinski definition) is 2. The highest BCUT2D eigenvalue weighted by Crippen LogP contribution is 2.21. The summed E-state index contributed by atoms with van der Waals surface area (Å²) in [4.78, 5) is 24.1. The Bertz CT molecular complexity index is 488. The third kappa shape index (κ3) is 4.46. The molecule has 0 aliphatic rings. The zero-order valence-electron chi connectivity index (χ0n) is 12.0. The van der Waals surface area contributed by atoms with E-state index in [9.17, 15) is 9.59 Å². The Labute approximate surface area is 118 Å². The first-order chi connectivity index (χ1) is 9.47. The first-order valence-electron chi connectivity index (χ1n) is 6.40. The summed E-state index contributed by atoms with van der Waals surface area (Å²) < 4.78 is 5.10. The lowest BCUT2D eigenvalue weighted by Crippen LogP contribution is -2.36. The number of aliphatic carboxylic acids is 1. The summed E-state index contributed by atoms with van der Waals surface area (Å²) in [6, 6.07) is 5.04. The molecule has 1 rings (SSSR count). The van der Waals surface area contributed by atoms with Gasteiger partial charge in [0.2, 0.25) is 0 Å². The van der Waals surface area contributed by atoms with E-state index in [-0.39, 0.29) is 19.0 Å². The predicted octanol–water partition coefficient (Wildman–Crippen LogP) is 2.33. The van der Waals surface area contributed by atoms with Crippen molar-refractivity contribution in [1.29, 1.82) is 0 Å². The van der Waals surface area contributed by atoms with Crippen molar-refractivity contribution in [1.82, 2.24) is 4.90 Å². The van der Waals surface area contributed by atoms with Crippen LogP contribution in [0.4, 0.5) is 10.5 Å². The molecule has 2 N–H and O–H groups in total. The van der Waals surface area contributed by atoms with E-state index in [1.807, 2.05) is 19.9 Å². The van der Waals surface area contributed by atoms with Crippen molar-refractivity contribution in [3.05, 3.63) is 23.8 Å². The second-order valence-electron chi connectivity index (χ2n) is 4.33. The third-order valence-corrected chi connectivity index (χ3v) is 2.94. The Morgan fingerprint density at radius 1 is 1.40 bits per heavy atom. The van der Waals surface area contributed by atoms with Crippen molar-refractivity contribution in [3.63, 3.8) is 0 Å². The van der Waals surface area contributed by atoms with Crippen LogP contribution in [0.3, 0.4) is 0 Å². The van der Waals surface area contributed by atoms with E-state index >= 15 is 0 Å². The Morgan fingerprint density at radius 3 is 2.60 bits per heavy atom. The number of nitrogens with zero attached hydrogens (tertiary/aromatic N) is 1. The predicted molar refractivity (Wildman–Crippen MR) is 76.2 cm³/mol. The molecule has 1 aromatic rings. The van der Waals surface area contributed by atoms with Gasteiger partial charge in [-0.2, -0.15) is 0 Å². The number of carboxylic acids is 1. The van der Waals surface area contributed by atoms with Gasteiger partial charge in [-0.3, -0.25) is 4.79 Å². The van der Waals surface area contributed by atoms with Crippen LogP contribution in [0.1, 0.15) is 18.9 Å². The topological polar surface area (TPSA) is 78.9 Å². The van der Waals surface area contributed by atoms with Gasteiger partial charge in [-0.1, -0.05) is 0 Å². The lowest BCUT2D eigenvalue weighted by Gasteiger charge is -2.21. The largest absolute Gasteiger partial charge is 0.497 e. The third-order valence-electron chi connectivity index (χ3n) is 2.94. The van der Waals surface area contributed by atoms with Gasteiger partial charge in [-0.05, 0) is 37.6 Å². The van der Waals surface area contributed by atoms with E-state index in [0.717, 1.165) is 11.3 Å². The molecule has 0 saturated heterocycles. The number of ether oxygens (including phenoxy) is 1. The molecular formula is C14H20N2O4. The maximum Gasteiger partial charge on any atom is 0.321 e. The van der Waals surface area contributed by atoms with Crippen LogP contribution in [0.15, 0.2) is 18.2 Å². The average Bonchev–Trinajstić information content (AvgIpc) is 2.41. The Morgan fingerprint density at radius 2 is 2.10 bits per heavy atom. The van der Waals surface area contributed by atoms with Gasteiger partial charge in [0.25, 0.3) is 0 Å². The monoisotopic (exact) mass is 280 g/mol. The number of hydrogen-bond acceptors (Lipinski definition) is 3. The first kappa shape index (κ1) is 15.8. The highest BCUT2D eigenvalue weighted by molar-refractivity contribution is 5.90. The molecule has 0 saturated carbocycles. The van der Waals surface area contributed by atoms with Gasteiger partial charge in [-0.15, -0.1) is 0 Å². The molecule has 1 aromatic carbocycles. The minimum absolute atomic E-state index is 0.0666. The highest BCUT2D eigenvalue weighted by Gasteiger charge is 2.14. The molecule has 0 aromatic heterocycles. The van der Waals surface area contributed by atoms with Gasteiger partial charge >= 0.3 is 12.0 Å². The highest BCUT2D eigenvalue weighted by atomic mass is 16.5. The minimum Gasteiger partial charge on any atom is -0.497 e. The van der Waals surface area contributed by atoms with E-state index in [2.05, 4.69) is 5.32 Å². The quantitative estimate of drug-likeness (QED) is 0.838. The summed E-state index contributed by atoms with van der Waals surface area (Å²) in [6.45, 7) is 4.31.